The zero-order valence-corrected chi connectivity index (χ0v) is 8.32. The summed E-state index contributed by atoms with van der Waals surface area (Å²) in [7, 11) is 3.82. The molecular weight excluding hydrogens is 166 g/mol. The maximum Gasteiger partial charge on any atom is 0.265 e. The number of rotatable bonds is 3. The van der Waals surface area contributed by atoms with Gasteiger partial charge >= 0.3 is 0 Å². The van der Waals surface area contributed by atoms with Crippen molar-refractivity contribution in [2.75, 3.05) is 19.0 Å². The maximum atomic E-state index is 5.12. The number of hydrogen-bond donors (Lipinski definition) is 0. The summed E-state index contributed by atoms with van der Waals surface area (Å²) < 4.78 is 5.12. The SMILES string of the molecule is CC1CC1Cc1nc(N(C)C)no1. The summed E-state index contributed by atoms with van der Waals surface area (Å²) in [5.74, 6) is 3.06. The zero-order valence-electron chi connectivity index (χ0n) is 8.32. The largest absolute Gasteiger partial charge is 0.344 e. The Morgan fingerprint density at radius 2 is 2.23 bits per heavy atom. The van der Waals surface area contributed by atoms with Crippen LogP contribution in [0.5, 0.6) is 0 Å². The average molecular weight is 181 g/mol. The van der Waals surface area contributed by atoms with Crippen LogP contribution in [0.3, 0.4) is 0 Å². The van der Waals surface area contributed by atoms with Gasteiger partial charge in [-0.05, 0) is 23.4 Å². The van der Waals surface area contributed by atoms with Crippen molar-refractivity contribution in [3.8, 4) is 0 Å². The van der Waals surface area contributed by atoms with Crippen LogP contribution in [-0.4, -0.2) is 24.2 Å². The number of aromatic nitrogens is 2. The van der Waals surface area contributed by atoms with Crippen LogP contribution >= 0.6 is 0 Å². The fourth-order valence-corrected chi connectivity index (χ4v) is 1.42. The van der Waals surface area contributed by atoms with Gasteiger partial charge in [-0.1, -0.05) is 6.92 Å². The third kappa shape index (κ3) is 1.82. The first-order chi connectivity index (χ1) is 6.16. The fraction of sp³-hybridized carbons (Fsp3) is 0.778. The lowest BCUT2D eigenvalue weighted by molar-refractivity contribution is 0.370. The van der Waals surface area contributed by atoms with Gasteiger partial charge in [0.2, 0.25) is 5.89 Å². The molecule has 1 aliphatic rings. The van der Waals surface area contributed by atoms with Crippen molar-refractivity contribution in [2.24, 2.45) is 11.8 Å². The van der Waals surface area contributed by atoms with Crippen LogP contribution in [0.4, 0.5) is 5.95 Å². The minimum absolute atomic E-state index is 0.670. The molecule has 2 rings (SSSR count). The van der Waals surface area contributed by atoms with Gasteiger partial charge in [0.1, 0.15) is 0 Å². The summed E-state index contributed by atoms with van der Waals surface area (Å²) >= 11 is 0. The highest BCUT2D eigenvalue weighted by Gasteiger charge is 2.34. The van der Waals surface area contributed by atoms with Gasteiger partial charge in [-0.25, -0.2) is 0 Å². The van der Waals surface area contributed by atoms with Gasteiger partial charge in [-0.3, -0.25) is 0 Å². The molecule has 0 aliphatic heterocycles. The molecule has 0 amide bonds. The zero-order chi connectivity index (χ0) is 9.42. The molecule has 2 unspecified atom stereocenters. The molecule has 1 aliphatic carbocycles. The molecule has 13 heavy (non-hydrogen) atoms. The van der Waals surface area contributed by atoms with E-state index >= 15 is 0 Å². The second-order valence-corrected chi connectivity index (χ2v) is 4.06. The third-order valence-electron chi connectivity index (χ3n) is 2.57. The Bertz CT molecular complexity index is 295. The number of nitrogens with zero attached hydrogens (tertiary/aromatic N) is 3. The lowest BCUT2D eigenvalue weighted by Gasteiger charge is -2.02. The normalized spacial score (nSPS) is 26.1. The van der Waals surface area contributed by atoms with Gasteiger partial charge < -0.3 is 9.42 Å². The molecule has 0 N–H and O–H groups in total. The van der Waals surface area contributed by atoms with Gasteiger partial charge in [-0.2, -0.15) is 4.98 Å². The quantitative estimate of drug-likeness (QED) is 0.705. The summed E-state index contributed by atoms with van der Waals surface area (Å²) in [5.41, 5.74) is 0. The molecule has 0 radical (unpaired) electrons. The van der Waals surface area contributed by atoms with E-state index in [1.807, 2.05) is 19.0 Å². The van der Waals surface area contributed by atoms with E-state index in [-0.39, 0.29) is 0 Å². The Morgan fingerprint density at radius 1 is 1.54 bits per heavy atom. The molecule has 4 heteroatoms. The Kier molecular flexibility index (Phi) is 1.98. The lowest BCUT2D eigenvalue weighted by atomic mass is 10.2. The van der Waals surface area contributed by atoms with E-state index in [0.29, 0.717) is 5.95 Å². The molecule has 1 saturated carbocycles. The van der Waals surface area contributed by atoms with Gasteiger partial charge in [0.25, 0.3) is 5.95 Å². The fourth-order valence-electron chi connectivity index (χ4n) is 1.42. The molecule has 1 heterocycles. The first-order valence-corrected chi connectivity index (χ1v) is 4.66. The summed E-state index contributed by atoms with van der Waals surface area (Å²) in [6.07, 6.45) is 2.25. The van der Waals surface area contributed by atoms with Crippen molar-refractivity contribution in [1.82, 2.24) is 10.1 Å². The van der Waals surface area contributed by atoms with Gasteiger partial charge in [0, 0.05) is 20.5 Å². The highest BCUT2D eigenvalue weighted by Crippen LogP contribution is 2.40. The minimum atomic E-state index is 0.670. The molecule has 1 aromatic heterocycles. The standard InChI is InChI=1S/C9H15N3O/c1-6-4-7(6)5-8-10-9(11-13-8)12(2)3/h6-7H,4-5H2,1-3H3. The van der Waals surface area contributed by atoms with E-state index in [1.165, 1.54) is 6.42 Å². The first-order valence-electron chi connectivity index (χ1n) is 4.66. The molecule has 1 aromatic rings. The van der Waals surface area contributed by atoms with Crippen LogP contribution < -0.4 is 4.90 Å². The summed E-state index contributed by atoms with van der Waals surface area (Å²) in [6.45, 7) is 2.26. The summed E-state index contributed by atoms with van der Waals surface area (Å²) in [6, 6.07) is 0. The second-order valence-electron chi connectivity index (χ2n) is 4.06. The van der Waals surface area contributed by atoms with Gasteiger partial charge in [0.05, 0.1) is 0 Å². The van der Waals surface area contributed by atoms with E-state index in [0.717, 1.165) is 24.1 Å². The van der Waals surface area contributed by atoms with Gasteiger partial charge in [0.15, 0.2) is 0 Å². The van der Waals surface area contributed by atoms with E-state index in [2.05, 4.69) is 17.1 Å². The van der Waals surface area contributed by atoms with Crippen LogP contribution in [0.25, 0.3) is 0 Å². The van der Waals surface area contributed by atoms with Crippen molar-refractivity contribution in [2.45, 2.75) is 19.8 Å². The van der Waals surface area contributed by atoms with Crippen molar-refractivity contribution in [3.05, 3.63) is 5.89 Å². The molecule has 0 aromatic carbocycles. The topological polar surface area (TPSA) is 42.2 Å². The Morgan fingerprint density at radius 3 is 2.69 bits per heavy atom. The van der Waals surface area contributed by atoms with Crippen LogP contribution in [-0.2, 0) is 6.42 Å². The monoisotopic (exact) mass is 181 g/mol. The predicted octanol–water partition coefficient (Wildman–Crippen LogP) is 1.33. The van der Waals surface area contributed by atoms with Crippen molar-refractivity contribution >= 4 is 5.95 Å². The molecule has 4 nitrogen and oxygen atoms in total. The van der Waals surface area contributed by atoms with Crippen LogP contribution in [0.2, 0.25) is 0 Å². The van der Waals surface area contributed by atoms with E-state index in [4.69, 9.17) is 4.52 Å². The van der Waals surface area contributed by atoms with E-state index in [9.17, 15) is 0 Å². The molecule has 0 spiro atoms. The Balaban J connectivity index is 1.97. The molecular formula is C9H15N3O. The second kappa shape index (κ2) is 3.01. The predicted molar refractivity (Wildman–Crippen MR) is 49.6 cm³/mol. The molecule has 0 bridgehead atoms. The smallest absolute Gasteiger partial charge is 0.265 e. The number of anilines is 1. The Hall–Kier alpha value is -1.06. The highest BCUT2D eigenvalue weighted by molar-refractivity contribution is 5.23. The average Bonchev–Trinajstić information content (AvgIpc) is 2.61. The number of hydrogen-bond acceptors (Lipinski definition) is 4. The third-order valence-corrected chi connectivity index (χ3v) is 2.57. The lowest BCUT2D eigenvalue weighted by Crippen LogP contribution is -2.10. The van der Waals surface area contributed by atoms with Crippen LogP contribution in [0.1, 0.15) is 19.2 Å². The summed E-state index contributed by atoms with van der Waals surface area (Å²) in [4.78, 5) is 6.12. The van der Waals surface area contributed by atoms with E-state index < -0.39 is 0 Å². The summed E-state index contributed by atoms with van der Waals surface area (Å²) in [5, 5.41) is 3.86. The highest BCUT2D eigenvalue weighted by atomic mass is 16.5. The molecule has 0 saturated heterocycles. The van der Waals surface area contributed by atoms with Crippen molar-refractivity contribution in [1.29, 1.82) is 0 Å². The van der Waals surface area contributed by atoms with E-state index in [1.54, 1.807) is 0 Å². The van der Waals surface area contributed by atoms with Crippen LogP contribution in [0, 0.1) is 11.8 Å². The molecule has 72 valence electrons. The van der Waals surface area contributed by atoms with Crippen molar-refractivity contribution in [3.63, 3.8) is 0 Å². The Labute approximate surface area is 77.9 Å². The van der Waals surface area contributed by atoms with Crippen LogP contribution in [0.15, 0.2) is 4.52 Å². The molecule has 1 fully saturated rings. The minimum Gasteiger partial charge on any atom is -0.344 e. The van der Waals surface area contributed by atoms with Gasteiger partial charge in [-0.15, -0.1) is 0 Å². The maximum absolute atomic E-state index is 5.12. The first kappa shape index (κ1) is 8.53. The van der Waals surface area contributed by atoms with Crippen molar-refractivity contribution < 1.29 is 4.52 Å². The molecule has 2 atom stereocenters.